The molecule has 23 heavy (non-hydrogen) atoms. The monoisotopic (exact) mass is 308 g/mol. The summed E-state index contributed by atoms with van der Waals surface area (Å²) < 4.78 is 0. The summed E-state index contributed by atoms with van der Waals surface area (Å²) >= 11 is 0. The Morgan fingerprint density at radius 1 is 1.09 bits per heavy atom. The molecule has 0 atom stereocenters. The maximum Gasteiger partial charge on any atom is 0.224 e. The van der Waals surface area contributed by atoms with E-state index >= 15 is 0 Å². The molecule has 1 N–H and O–H groups in total. The van der Waals surface area contributed by atoms with Crippen molar-refractivity contribution in [2.45, 2.75) is 38.5 Å². The number of benzene rings is 1. The maximum atomic E-state index is 12.0. The maximum absolute atomic E-state index is 12.0. The minimum Gasteiger partial charge on any atom is -0.356 e. The van der Waals surface area contributed by atoms with Crippen LogP contribution in [-0.4, -0.2) is 17.4 Å². The Hall–Kier alpha value is -2.16. The van der Waals surface area contributed by atoms with Crippen LogP contribution in [0.2, 0.25) is 0 Å². The molecule has 1 amide bonds. The van der Waals surface area contributed by atoms with Crippen molar-refractivity contribution in [2.75, 3.05) is 6.54 Å². The molecule has 3 nitrogen and oxygen atoms in total. The van der Waals surface area contributed by atoms with Crippen molar-refractivity contribution in [1.29, 1.82) is 0 Å². The Labute approximate surface area is 138 Å². The van der Waals surface area contributed by atoms with Crippen LogP contribution in [0.3, 0.4) is 0 Å². The van der Waals surface area contributed by atoms with Crippen LogP contribution in [-0.2, 0) is 11.2 Å². The molecule has 0 bridgehead atoms. The molecule has 1 fully saturated rings. The average molecular weight is 308 g/mol. The molecule has 0 radical (unpaired) electrons. The molecule has 1 heterocycles. The Morgan fingerprint density at radius 3 is 2.57 bits per heavy atom. The summed E-state index contributed by atoms with van der Waals surface area (Å²) in [5.41, 5.74) is 3.08. The van der Waals surface area contributed by atoms with Gasteiger partial charge in [-0.2, -0.15) is 0 Å². The number of pyridine rings is 1. The standard InChI is InChI=1S/C20H24N2O/c23-20(22-14-12-16-5-1-2-6-16)15-17-8-10-18(11-9-17)19-7-3-4-13-21-19/h3-4,7-11,13,16H,1-2,5-6,12,14-15H2,(H,22,23). The molecule has 1 aromatic heterocycles. The number of amides is 1. The van der Waals surface area contributed by atoms with E-state index in [0.29, 0.717) is 6.42 Å². The van der Waals surface area contributed by atoms with E-state index in [1.54, 1.807) is 6.20 Å². The minimum absolute atomic E-state index is 0.119. The first-order valence-corrected chi connectivity index (χ1v) is 8.58. The highest BCUT2D eigenvalue weighted by Gasteiger charge is 2.14. The lowest BCUT2D eigenvalue weighted by atomic mass is 10.0. The molecule has 0 spiro atoms. The summed E-state index contributed by atoms with van der Waals surface area (Å²) in [6.07, 6.45) is 8.77. The zero-order chi connectivity index (χ0) is 15.9. The molecule has 0 unspecified atom stereocenters. The summed E-state index contributed by atoms with van der Waals surface area (Å²) in [4.78, 5) is 16.4. The third-order valence-electron chi connectivity index (χ3n) is 4.63. The highest BCUT2D eigenvalue weighted by Crippen LogP contribution is 2.26. The van der Waals surface area contributed by atoms with E-state index in [0.717, 1.165) is 35.7 Å². The van der Waals surface area contributed by atoms with Gasteiger partial charge in [-0.05, 0) is 30.0 Å². The second-order valence-corrected chi connectivity index (χ2v) is 6.38. The van der Waals surface area contributed by atoms with Gasteiger partial charge in [-0.15, -0.1) is 0 Å². The molecule has 3 heteroatoms. The van der Waals surface area contributed by atoms with E-state index in [2.05, 4.69) is 10.3 Å². The molecule has 1 aromatic carbocycles. The number of carbonyl (C=O) groups is 1. The molecule has 1 aliphatic carbocycles. The van der Waals surface area contributed by atoms with Gasteiger partial charge in [-0.3, -0.25) is 9.78 Å². The Balaban J connectivity index is 1.46. The number of nitrogens with one attached hydrogen (secondary N) is 1. The predicted molar refractivity (Wildman–Crippen MR) is 93.0 cm³/mol. The van der Waals surface area contributed by atoms with E-state index in [-0.39, 0.29) is 5.91 Å². The Morgan fingerprint density at radius 2 is 1.87 bits per heavy atom. The summed E-state index contributed by atoms with van der Waals surface area (Å²) in [6.45, 7) is 0.815. The first-order valence-electron chi connectivity index (χ1n) is 8.58. The van der Waals surface area contributed by atoms with Crippen LogP contribution in [0.5, 0.6) is 0 Å². The van der Waals surface area contributed by atoms with Gasteiger partial charge in [-0.25, -0.2) is 0 Å². The molecule has 2 aromatic rings. The molecule has 3 rings (SSSR count). The van der Waals surface area contributed by atoms with E-state index in [1.165, 1.54) is 25.7 Å². The summed E-state index contributed by atoms with van der Waals surface area (Å²) in [6, 6.07) is 14.0. The van der Waals surface area contributed by atoms with Crippen LogP contribution < -0.4 is 5.32 Å². The highest BCUT2D eigenvalue weighted by molar-refractivity contribution is 5.78. The van der Waals surface area contributed by atoms with Crippen molar-refractivity contribution in [3.05, 3.63) is 54.2 Å². The fraction of sp³-hybridized carbons (Fsp3) is 0.400. The molecular formula is C20H24N2O. The van der Waals surface area contributed by atoms with E-state index in [4.69, 9.17) is 0 Å². The van der Waals surface area contributed by atoms with Gasteiger partial charge in [0.2, 0.25) is 5.91 Å². The quantitative estimate of drug-likeness (QED) is 0.877. The van der Waals surface area contributed by atoms with Crippen LogP contribution in [0.15, 0.2) is 48.7 Å². The number of carbonyl (C=O) groups excluding carboxylic acids is 1. The zero-order valence-corrected chi connectivity index (χ0v) is 13.5. The third-order valence-corrected chi connectivity index (χ3v) is 4.63. The summed E-state index contributed by atoms with van der Waals surface area (Å²) in [5, 5.41) is 3.05. The van der Waals surface area contributed by atoms with Gasteiger partial charge in [0.1, 0.15) is 0 Å². The largest absolute Gasteiger partial charge is 0.356 e. The molecule has 1 aliphatic rings. The number of hydrogen-bond donors (Lipinski definition) is 1. The first kappa shape index (κ1) is 15.7. The minimum atomic E-state index is 0.119. The second-order valence-electron chi connectivity index (χ2n) is 6.38. The Kier molecular flexibility index (Phi) is 5.41. The van der Waals surface area contributed by atoms with Gasteiger partial charge in [0.25, 0.3) is 0 Å². The van der Waals surface area contributed by atoms with Crippen LogP contribution in [0.25, 0.3) is 11.3 Å². The molecule has 0 aliphatic heterocycles. The summed E-state index contributed by atoms with van der Waals surface area (Å²) in [5.74, 6) is 0.946. The van der Waals surface area contributed by atoms with Crippen LogP contribution in [0.4, 0.5) is 0 Å². The van der Waals surface area contributed by atoms with E-state index in [1.807, 2.05) is 42.5 Å². The number of rotatable bonds is 6. The smallest absolute Gasteiger partial charge is 0.224 e. The molecular weight excluding hydrogens is 284 g/mol. The molecule has 120 valence electrons. The van der Waals surface area contributed by atoms with Crippen molar-refractivity contribution in [3.8, 4) is 11.3 Å². The van der Waals surface area contributed by atoms with Crippen molar-refractivity contribution in [1.82, 2.24) is 10.3 Å². The lowest BCUT2D eigenvalue weighted by molar-refractivity contribution is -0.120. The number of hydrogen-bond acceptors (Lipinski definition) is 2. The van der Waals surface area contributed by atoms with Gasteiger partial charge < -0.3 is 5.32 Å². The van der Waals surface area contributed by atoms with Crippen molar-refractivity contribution in [2.24, 2.45) is 5.92 Å². The van der Waals surface area contributed by atoms with Gasteiger partial charge in [0.05, 0.1) is 12.1 Å². The Bertz CT molecular complexity index is 616. The van der Waals surface area contributed by atoms with Gasteiger partial charge in [0.15, 0.2) is 0 Å². The summed E-state index contributed by atoms with van der Waals surface area (Å²) in [7, 11) is 0. The number of nitrogens with zero attached hydrogens (tertiary/aromatic N) is 1. The fourth-order valence-electron chi connectivity index (χ4n) is 3.29. The lowest BCUT2D eigenvalue weighted by Crippen LogP contribution is -2.27. The zero-order valence-electron chi connectivity index (χ0n) is 13.5. The molecule has 1 saturated carbocycles. The second kappa shape index (κ2) is 7.91. The topological polar surface area (TPSA) is 42.0 Å². The predicted octanol–water partition coefficient (Wildman–Crippen LogP) is 3.99. The van der Waals surface area contributed by atoms with Gasteiger partial charge >= 0.3 is 0 Å². The van der Waals surface area contributed by atoms with Crippen LogP contribution >= 0.6 is 0 Å². The average Bonchev–Trinajstić information content (AvgIpc) is 3.10. The van der Waals surface area contributed by atoms with Crippen molar-refractivity contribution >= 4 is 5.91 Å². The lowest BCUT2D eigenvalue weighted by Gasteiger charge is -2.10. The van der Waals surface area contributed by atoms with Crippen LogP contribution in [0, 0.1) is 5.92 Å². The highest BCUT2D eigenvalue weighted by atomic mass is 16.1. The van der Waals surface area contributed by atoms with Crippen molar-refractivity contribution in [3.63, 3.8) is 0 Å². The van der Waals surface area contributed by atoms with Crippen LogP contribution in [0.1, 0.15) is 37.7 Å². The third kappa shape index (κ3) is 4.65. The SMILES string of the molecule is O=C(Cc1ccc(-c2ccccn2)cc1)NCCC1CCCC1. The van der Waals surface area contributed by atoms with Gasteiger partial charge in [-0.1, -0.05) is 56.0 Å². The van der Waals surface area contributed by atoms with E-state index in [9.17, 15) is 4.79 Å². The van der Waals surface area contributed by atoms with Crippen molar-refractivity contribution < 1.29 is 4.79 Å². The first-order chi connectivity index (χ1) is 11.3. The fourth-order valence-corrected chi connectivity index (χ4v) is 3.29. The normalized spacial score (nSPS) is 14.8. The number of aromatic nitrogens is 1. The molecule has 0 saturated heterocycles. The van der Waals surface area contributed by atoms with Gasteiger partial charge in [0, 0.05) is 18.3 Å². The van der Waals surface area contributed by atoms with E-state index < -0.39 is 0 Å².